The predicted molar refractivity (Wildman–Crippen MR) is 52.1 cm³/mol. The molecule has 5 nitrogen and oxygen atoms in total. The number of nitrogens with two attached hydrogens (primary N) is 1. The van der Waals surface area contributed by atoms with Crippen molar-refractivity contribution >= 4 is 5.97 Å². The molecule has 3 N–H and O–H groups in total. The highest BCUT2D eigenvalue weighted by Crippen LogP contribution is 2.14. The maximum absolute atomic E-state index is 10.8. The van der Waals surface area contributed by atoms with E-state index in [0.717, 1.165) is 19.5 Å². The van der Waals surface area contributed by atoms with Crippen molar-refractivity contribution in [2.75, 3.05) is 26.7 Å². The van der Waals surface area contributed by atoms with Crippen LogP contribution in [-0.2, 0) is 9.53 Å². The Morgan fingerprint density at radius 2 is 2.43 bits per heavy atom. The predicted octanol–water partition coefficient (Wildman–Crippen LogP) is -0.491. The summed E-state index contributed by atoms with van der Waals surface area (Å²) in [6.07, 6.45) is 1.17. The molecule has 0 aromatic rings. The topological polar surface area (TPSA) is 75.8 Å². The van der Waals surface area contributed by atoms with Gasteiger partial charge in [0.1, 0.15) is 5.54 Å². The highest BCUT2D eigenvalue weighted by atomic mass is 16.5. The van der Waals surface area contributed by atoms with Crippen molar-refractivity contribution in [2.24, 2.45) is 5.73 Å². The summed E-state index contributed by atoms with van der Waals surface area (Å²) in [4.78, 5) is 12.8. The molecule has 0 saturated carbocycles. The van der Waals surface area contributed by atoms with Gasteiger partial charge in [0.15, 0.2) is 0 Å². The Balaban J connectivity index is 2.42. The molecule has 2 atom stereocenters. The molecule has 0 amide bonds. The molecule has 1 aliphatic rings. The molecule has 1 fully saturated rings. The number of likely N-dealkylation sites (tertiary alicyclic amines) is 1. The third kappa shape index (κ3) is 2.67. The van der Waals surface area contributed by atoms with E-state index in [1.165, 1.54) is 6.92 Å². The number of carboxylic acid groups (broad SMARTS) is 1. The van der Waals surface area contributed by atoms with Gasteiger partial charge in [0, 0.05) is 26.7 Å². The first-order valence-electron chi connectivity index (χ1n) is 4.73. The molecule has 1 heterocycles. The van der Waals surface area contributed by atoms with E-state index < -0.39 is 11.5 Å². The molecule has 0 bridgehead atoms. The number of rotatable bonds is 4. The van der Waals surface area contributed by atoms with Crippen molar-refractivity contribution in [3.8, 4) is 0 Å². The zero-order chi connectivity index (χ0) is 10.8. The van der Waals surface area contributed by atoms with Gasteiger partial charge in [-0.05, 0) is 13.3 Å². The third-order valence-electron chi connectivity index (χ3n) is 2.60. The molecular weight excluding hydrogens is 184 g/mol. The van der Waals surface area contributed by atoms with Crippen LogP contribution in [-0.4, -0.2) is 54.4 Å². The largest absolute Gasteiger partial charge is 0.480 e. The Morgan fingerprint density at radius 1 is 1.79 bits per heavy atom. The average molecular weight is 202 g/mol. The van der Waals surface area contributed by atoms with Crippen LogP contribution in [0, 0.1) is 0 Å². The molecular formula is C9H18N2O3. The van der Waals surface area contributed by atoms with Gasteiger partial charge >= 0.3 is 5.97 Å². The van der Waals surface area contributed by atoms with E-state index in [0.29, 0.717) is 6.54 Å². The fourth-order valence-corrected chi connectivity index (χ4v) is 1.67. The van der Waals surface area contributed by atoms with Gasteiger partial charge in [-0.15, -0.1) is 0 Å². The molecule has 0 aromatic carbocycles. The number of methoxy groups -OCH3 is 1. The number of nitrogens with zero attached hydrogens (tertiary/aromatic N) is 1. The Morgan fingerprint density at radius 3 is 2.86 bits per heavy atom. The molecule has 0 radical (unpaired) electrons. The molecule has 2 unspecified atom stereocenters. The molecule has 0 aliphatic carbocycles. The van der Waals surface area contributed by atoms with Crippen LogP contribution in [0.1, 0.15) is 13.3 Å². The lowest BCUT2D eigenvalue weighted by Crippen LogP contribution is -2.53. The molecule has 14 heavy (non-hydrogen) atoms. The molecule has 1 rings (SSSR count). The number of hydrogen-bond acceptors (Lipinski definition) is 4. The van der Waals surface area contributed by atoms with E-state index >= 15 is 0 Å². The highest BCUT2D eigenvalue weighted by Gasteiger charge is 2.33. The van der Waals surface area contributed by atoms with E-state index in [9.17, 15) is 4.79 Å². The van der Waals surface area contributed by atoms with Crippen molar-refractivity contribution < 1.29 is 14.6 Å². The van der Waals surface area contributed by atoms with Crippen molar-refractivity contribution in [3.63, 3.8) is 0 Å². The number of carboxylic acids is 1. The SMILES string of the molecule is COC1CCN(CC(C)(N)C(=O)O)C1. The van der Waals surface area contributed by atoms with Crippen LogP contribution in [0.4, 0.5) is 0 Å². The second kappa shape index (κ2) is 4.25. The second-order valence-corrected chi connectivity index (χ2v) is 4.10. The first-order valence-corrected chi connectivity index (χ1v) is 4.73. The van der Waals surface area contributed by atoms with Crippen LogP contribution in [0.25, 0.3) is 0 Å². The van der Waals surface area contributed by atoms with Crippen LogP contribution in [0.3, 0.4) is 0 Å². The normalized spacial score (nSPS) is 27.5. The standard InChI is InChI=1S/C9H18N2O3/c1-9(10,8(12)13)6-11-4-3-7(5-11)14-2/h7H,3-6,10H2,1-2H3,(H,12,13). The number of hydrogen-bond donors (Lipinski definition) is 2. The molecule has 1 saturated heterocycles. The first-order chi connectivity index (χ1) is 6.45. The molecule has 0 aromatic heterocycles. The Bertz CT molecular complexity index is 218. The maximum Gasteiger partial charge on any atom is 0.324 e. The van der Waals surface area contributed by atoms with Crippen molar-refractivity contribution in [2.45, 2.75) is 25.0 Å². The first kappa shape index (κ1) is 11.4. The minimum absolute atomic E-state index is 0.222. The lowest BCUT2D eigenvalue weighted by Gasteiger charge is -2.25. The zero-order valence-corrected chi connectivity index (χ0v) is 8.69. The van der Waals surface area contributed by atoms with Crippen molar-refractivity contribution in [1.82, 2.24) is 4.90 Å². The van der Waals surface area contributed by atoms with Crippen LogP contribution in [0.5, 0.6) is 0 Å². The minimum Gasteiger partial charge on any atom is -0.480 e. The molecule has 5 heteroatoms. The van der Waals surface area contributed by atoms with Crippen molar-refractivity contribution in [1.29, 1.82) is 0 Å². The molecule has 0 spiro atoms. The Labute approximate surface area is 83.8 Å². The molecule has 1 aliphatic heterocycles. The average Bonchev–Trinajstić information content (AvgIpc) is 2.51. The van der Waals surface area contributed by atoms with E-state index in [-0.39, 0.29) is 6.10 Å². The molecule has 82 valence electrons. The quantitative estimate of drug-likeness (QED) is 0.643. The summed E-state index contributed by atoms with van der Waals surface area (Å²) in [5.74, 6) is -0.960. The summed E-state index contributed by atoms with van der Waals surface area (Å²) in [6.45, 7) is 3.55. The van der Waals surface area contributed by atoms with Gasteiger partial charge in [-0.3, -0.25) is 9.69 Å². The fourth-order valence-electron chi connectivity index (χ4n) is 1.67. The van der Waals surface area contributed by atoms with Gasteiger partial charge in [-0.1, -0.05) is 0 Å². The van der Waals surface area contributed by atoms with E-state index in [2.05, 4.69) is 0 Å². The van der Waals surface area contributed by atoms with Gasteiger partial charge < -0.3 is 15.6 Å². The van der Waals surface area contributed by atoms with Gasteiger partial charge in [0.2, 0.25) is 0 Å². The number of ether oxygens (including phenoxy) is 1. The highest BCUT2D eigenvalue weighted by molar-refractivity contribution is 5.78. The zero-order valence-electron chi connectivity index (χ0n) is 8.69. The van der Waals surface area contributed by atoms with E-state index in [1.807, 2.05) is 4.90 Å². The Hall–Kier alpha value is -0.650. The minimum atomic E-state index is -1.16. The third-order valence-corrected chi connectivity index (χ3v) is 2.60. The van der Waals surface area contributed by atoms with Gasteiger partial charge in [0.05, 0.1) is 6.10 Å². The van der Waals surface area contributed by atoms with Gasteiger partial charge in [0.25, 0.3) is 0 Å². The second-order valence-electron chi connectivity index (χ2n) is 4.10. The number of aliphatic carboxylic acids is 1. The lowest BCUT2D eigenvalue weighted by molar-refractivity contribution is -0.143. The Kier molecular flexibility index (Phi) is 3.47. The number of carbonyl (C=O) groups is 1. The van der Waals surface area contributed by atoms with Crippen LogP contribution in [0.15, 0.2) is 0 Å². The summed E-state index contributed by atoms with van der Waals surface area (Å²) in [7, 11) is 1.67. The van der Waals surface area contributed by atoms with Crippen LogP contribution < -0.4 is 5.73 Å². The summed E-state index contributed by atoms with van der Waals surface area (Å²) in [5.41, 5.74) is 4.48. The summed E-state index contributed by atoms with van der Waals surface area (Å²) >= 11 is 0. The van der Waals surface area contributed by atoms with Crippen LogP contribution >= 0.6 is 0 Å². The summed E-state index contributed by atoms with van der Waals surface area (Å²) in [6, 6.07) is 0. The summed E-state index contributed by atoms with van der Waals surface area (Å²) < 4.78 is 5.19. The maximum atomic E-state index is 10.8. The lowest BCUT2D eigenvalue weighted by atomic mass is 10.0. The van der Waals surface area contributed by atoms with E-state index in [4.69, 9.17) is 15.6 Å². The smallest absolute Gasteiger partial charge is 0.324 e. The van der Waals surface area contributed by atoms with Crippen molar-refractivity contribution in [3.05, 3.63) is 0 Å². The fraction of sp³-hybridized carbons (Fsp3) is 0.889. The van der Waals surface area contributed by atoms with E-state index in [1.54, 1.807) is 7.11 Å². The van der Waals surface area contributed by atoms with Gasteiger partial charge in [-0.2, -0.15) is 0 Å². The summed E-state index contributed by atoms with van der Waals surface area (Å²) in [5, 5.41) is 8.84. The van der Waals surface area contributed by atoms with Gasteiger partial charge in [-0.25, -0.2) is 0 Å². The monoisotopic (exact) mass is 202 g/mol. The van der Waals surface area contributed by atoms with Crippen LogP contribution in [0.2, 0.25) is 0 Å².